The molecular weight excluding hydrogens is 362 g/mol. The Morgan fingerprint density at radius 1 is 1.07 bits per heavy atom. The zero-order valence-corrected chi connectivity index (χ0v) is 17.4. The van der Waals surface area contributed by atoms with Crippen LogP contribution in [0.2, 0.25) is 0 Å². The molecule has 0 unspecified atom stereocenters. The number of guanidine groups is 1. The fourth-order valence-corrected chi connectivity index (χ4v) is 3.07. The van der Waals surface area contributed by atoms with E-state index in [1.165, 1.54) is 11.1 Å². The van der Waals surface area contributed by atoms with Crippen LogP contribution in [0.25, 0.3) is 0 Å². The summed E-state index contributed by atoms with van der Waals surface area (Å²) in [4.78, 5) is 9.03. The number of hydrogen-bond donors (Lipinski definition) is 2. The summed E-state index contributed by atoms with van der Waals surface area (Å²) < 4.78 is 7.43. The largest absolute Gasteiger partial charge is 0.497 e. The SMILES string of the molecule is CCNC(=NCc1cccc(Cn2ccnc2C)c1)NCc1cccc(OC)c1. The first-order valence-corrected chi connectivity index (χ1v) is 9.88. The minimum atomic E-state index is 0.615. The van der Waals surface area contributed by atoms with Crippen LogP contribution in [0, 0.1) is 6.92 Å². The summed E-state index contributed by atoms with van der Waals surface area (Å²) in [5, 5.41) is 6.69. The van der Waals surface area contributed by atoms with Crippen molar-refractivity contribution in [2.24, 2.45) is 4.99 Å². The van der Waals surface area contributed by atoms with Gasteiger partial charge in [0, 0.05) is 32.0 Å². The monoisotopic (exact) mass is 391 g/mol. The molecule has 0 radical (unpaired) electrons. The van der Waals surface area contributed by atoms with Gasteiger partial charge in [-0.3, -0.25) is 0 Å². The topological polar surface area (TPSA) is 63.5 Å². The predicted octanol–water partition coefficient (Wildman–Crippen LogP) is 3.50. The lowest BCUT2D eigenvalue weighted by molar-refractivity contribution is 0.414. The van der Waals surface area contributed by atoms with Gasteiger partial charge in [-0.05, 0) is 42.7 Å². The third-order valence-electron chi connectivity index (χ3n) is 4.63. The minimum absolute atomic E-state index is 0.615. The van der Waals surface area contributed by atoms with Gasteiger partial charge < -0.3 is 19.9 Å². The number of aliphatic imine (C=N–C) groups is 1. The average Bonchev–Trinajstić information content (AvgIpc) is 3.15. The molecule has 0 aliphatic rings. The molecule has 0 spiro atoms. The molecule has 2 N–H and O–H groups in total. The lowest BCUT2D eigenvalue weighted by atomic mass is 10.1. The molecule has 0 bridgehead atoms. The van der Waals surface area contributed by atoms with E-state index in [0.717, 1.165) is 36.2 Å². The lowest BCUT2D eigenvalue weighted by Gasteiger charge is -2.12. The van der Waals surface area contributed by atoms with Gasteiger partial charge in [0.25, 0.3) is 0 Å². The maximum atomic E-state index is 5.29. The van der Waals surface area contributed by atoms with Gasteiger partial charge in [-0.15, -0.1) is 0 Å². The maximum Gasteiger partial charge on any atom is 0.191 e. The van der Waals surface area contributed by atoms with Crippen LogP contribution in [0.5, 0.6) is 5.75 Å². The molecule has 0 amide bonds. The van der Waals surface area contributed by atoms with Crippen molar-refractivity contribution in [1.82, 2.24) is 20.2 Å². The van der Waals surface area contributed by atoms with E-state index in [1.54, 1.807) is 7.11 Å². The molecule has 152 valence electrons. The third kappa shape index (κ3) is 6.10. The summed E-state index contributed by atoms with van der Waals surface area (Å²) in [6.45, 7) is 7.01. The van der Waals surface area contributed by atoms with Gasteiger partial charge in [0.05, 0.1) is 13.7 Å². The van der Waals surface area contributed by atoms with Crippen LogP contribution in [0.3, 0.4) is 0 Å². The van der Waals surface area contributed by atoms with Gasteiger partial charge in [0.2, 0.25) is 0 Å². The van der Waals surface area contributed by atoms with Crippen molar-refractivity contribution in [3.63, 3.8) is 0 Å². The van der Waals surface area contributed by atoms with Gasteiger partial charge in [0.15, 0.2) is 5.96 Å². The first-order chi connectivity index (χ1) is 14.2. The Morgan fingerprint density at radius 3 is 2.62 bits per heavy atom. The Labute approximate surface area is 172 Å². The Hall–Kier alpha value is -3.28. The zero-order valence-electron chi connectivity index (χ0n) is 17.4. The van der Waals surface area contributed by atoms with Crippen LogP contribution >= 0.6 is 0 Å². The summed E-state index contributed by atoms with van der Waals surface area (Å²) in [7, 11) is 1.68. The van der Waals surface area contributed by atoms with E-state index < -0.39 is 0 Å². The molecule has 0 aliphatic heterocycles. The van der Waals surface area contributed by atoms with Crippen LogP contribution in [0.15, 0.2) is 65.9 Å². The minimum Gasteiger partial charge on any atom is -0.497 e. The highest BCUT2D eigenvalue weighted by atomic mass is 16.5. The summed E-state index contributed by atoms with van der Waals surface area (Å²) in [6, 6.07) is 16.6. The fraction of sp³-hybridized carbons (Fsp3) is 0.304. The van der Waals surface area contributed by atoms with Crippen molar-refractivity contribution in [2.45, 2.75) is 33.5 Å². The molecule has 0 saturated carbocycles. The molecule has 0 fully saturated rings. The zero-order chi connectivity index (χ0) is 20.5. The summed E-state index contributed by atoms with van der Waals surface area (Å²) >= 11 is 0. The average molecular weight is 392 g/mol. The molecule has 6 heteroatoms. The highest BCUT2D eigenvalue weighted by Crippen LogP contribution is 2.12. The molecule has 2 aromatic carbocycles. The quantitative estimate of drug-likeness (QED) is 0.456. The Kier molecular flexibility index (Phi) is 7.28. The number of nitrogens with zero attached hydrogens (tertiary/aromatic N) is 3. The molecule has 3 aromatic rings. The van der Waals surface area contributed by atoms with Crippen molar-refractivity contribution < 1.29 is 4.74 Å². The number of rotatable bonds is 8. The number of aromatic nitrogens is 2. The van der Waals surface area contributed by atoms with Crippen molar-refractivity contribution in [3.05, 3.63) is 83.4 Å². The highest BCUT2D eigenvalue weighted by molar-refractivity contribution is 5.79. The molecule has 1 aromatic heterocycles. The van der Waals surface area contributed by atoms with Gasteiger partial charge in [0.1, 0.15) is 11.6 Å². The number of aryl methyl sites for hydroxylation is 1. The van der Waals surface area contributed by atoms with Crippen LogP contribution in [-0.4, -0.2) is 29.2 Å². The standard InChI is InChI=1S/C23H29N5O/c1-4-24-23(27-16-20-8-6-10-22(14-20)29-3)26-15-19-7-5-9-21(13-19)17-28-12-11-25-18(28)2/h5-14H,4,15-17H2,1-3H3,(H2,24,26,27). The first-order valence-electron chi connectivity index (χ1n) is 9.88. The first kappa shape index (κ1) is 20.5. The third-order valence-corrected chi connectivity index (χ3v) is 4.63. The van der Waals surface area contributed by atoms with E-state index in [9.17, 15) is 0 Å². The number of ether oxygens (including phenoxy) is 1. The summed E-state index contributed by atoms with van der Waals surface area (Å²) in [5.41, 5.74) is 3.57. The Bertz CT molecular complexity index is 948. The normalized spacial score (nSPS) is 11.3. The molecule has 1 heterocycles. The lowest BCUT2D eigenvalue weighted by Crippen LogP contribution is -2.36. The van der Waals surface area contributed by atoms with Crippen LogP contribution in [0.4, 0.5) is 0 Å². The van der Waals surface area contributed by atoms with Crippen molar-refractivity contribution >= 4 is 5.96 Å². The summed E-state index contributed by atoms with van der Waals surface area (Å²) in [6.07, 6.45) is 3.84. The number of hydrogen-bond acceptors (Lipinski definition) is 3. The molecule has 29 heavy (non-hydrogen) atoms. The van der Waals surface area contributed by atoms with Gasteiger partial charge >= 0.3 is 0 Å². The molecule has 0 atom stereocenters. The Balaban J connectivity index is 1.63. The number of benzene rings is 2. The summed E-state index contributed by atoms with van der Waals surface area (Å²) in [5.74, 6) is 2.67. The fourth-order valence-electron chi connectivity index (χ4n) is 3.07. The second-order valence-corrected chi connectivity index (χ2v) is 6.82. The highest BCUT2D eigenvalue weighted by Gasteiger charge is 2.02. The number of nitrogens with one attached hydrogen (secondary N) is 2. The van der Waals surface area contributed by atoms with E-state index in [-0.39, 0.29) is 0 Å². The van der Waals surface area contributed by atoms with Crippen LogP contribution in [0.1, 0.15) is 29.4 Å². The Morgan fingerprint density at radius 2 is 1.86 bits per heavy atom. The molecule has 6 nitrogen and oxygen atoms in total. The molecule has 3 rings (SSSR count). The molecule has 0 saturated heterocycles. The molecule has 0 aliphatic carbocycles. The van der Waals surface area contributed by atoms with Crippen molar-refractivity contribution in [1.29, 1.82) is 0 Å². The van der Waals surface area contributed by atoms with Crippen molar-refractivity contribution in [3.8, 4) is 5.75 Å². The van der Waals surface area contributed by atoms with E-state index in [2.05, 4.69) is 57.4 Å². The second kappa shape index (κ2) is 10.3. The van der Waals surface area contributed by atoms with Crippen molar-refractivity contribution in [2.75, 3.05) is 13.7 Å². The second-order valence-electron chi connectivity index (χ2n) is 6.82. The predicted molar refractivity (Wildman–Crippen MR) is 117 cm³/mol. The van der Waals surface area contributed by atoms with Crippen LogP contribution < -0.4 is 15.4 Å². The number of imidazole rings is 1. The van der Waals surface area contributed by atoms with E-state index in [0.29, 0.717) is 13.1 Å². The molecular formula is C23H29N5O. The van der Waals surface area contributed by atoms with Gasteiger partial charge in [-0.25, -0.2) is 9.98 Å². The van der Waals surface area contributed by atoms with Gasteiger partial charge in [-0.2, -0.15) is 0 Å². The maximum absolute atomic E-state index is 5.29. The van der Waals surface area contributed by atoms with E-state index in [4.69, 9.17) is 9.73 Å². The van der Waals surface area contributed by atoms with Crippen LogP contribution in [-0.2, 0) is 19.6 Å². The van der Waals surface area contributed by atoms with Gasteiger partial charge in [-0.1, -0.05) is 36.4 Å². The van der Waals surface area contributed by atoms with E-state index >= 15 is 0 Å². The number of methoxy groups -OCH3 is 1. The van der Waals surface area contributed by atoms with E-state index in [1.807, 2.05) is 37.5 Å². The smallest absolute Gasteiger partial charge is 0.191 e.